The van der Waals surface area contributed by atoms with Crippen LogP contribution in [-0.2, 0) is 12.8 Å². The zero-order chi connectivity index (χ0) is 14.3. The van der Waals surface area contributed by atoms with Crippen LogP contribution in [0, 0.1) is 10.1 Å². The first-order valence-corrected chi connectivity index (χ1v) is 7.16. The molecular weight excluding hydrogens is 254 g/mol. The Hall–Kier alpha value is -1.88. The second-order valence-corrected chi connectivity index (χ2v) is 5.34. The van der Waals surface area contributed by atoms with Gasteiger partial charge in [0.15, 0.2) is 0 Å². The van der Waals surface area contributed by atoms with Crippen LogP contribution in [0.1, 0.15) is 25.0 Å². The highest BCUT2D eigenvalue weighted by molar-refractivity contribution is 5.90. The lowest BCUT2D eigenvalue weighted by Crippen LogP contribution is -2.39. The van der Waals surface area contributed by atoms with Gasteiger partial charge in [-0.15, -0.1) is 0 Å². The molecule has 5 nitrogen and oxygen atoms in total. The predicted molar refractivity (Wildman–Crippen MR) is 79.1 cm³/mol. The molecule has 106 valence electrons. The molecule has 0 saturated heterocycles. The average molecular weight is 273 g/mol. The highest BCUT2D eigenvalue weighted by Gasteiger charge is 2.30. The standard InChI is InChI=1S/C15H19N3O2/c1-3-17(4-2)11-7-10-9-16-13-5-6-14(18(19)20)12(8-11)15(10)13/h5-6,9,11,16H,3-4,7-8H2,1-2H3. The molecule has 0 saturated carbocycles. The summed E-state index contributed by atoms with van der Waals surface area (Å²) < 4.78 is 0. The van der Waals surface area contributed by atoms with E-state index in [1.54, 1.807) is 6.07 Å². The summed E-state index contributed by atoms with van der Waals surface area (Å²) in [4.78, 5) is 16.7. The number of hydrogen-bond donors (Lipinski definition) is 1. The van der Waals surface area contributed by atoms with Gasteiger partial charge < -0.3 is 9.88 Å². The third-order valence-electron chi connectivity index (χ3n) is 4.43. The predicted octanol–water partition coefficient (Wildman–Crippen LogP) is 2.89. The molecule has 1 aliphatic carbocycles. The van der Waals surface area contributed by atoms with Crippen LogP contribution in [0.15, 0.2) is 18.3 Å². The van der Waals surface area contributed by atoms with Crippen molar-refractivity contribution in [3.8, 4) is 0 Å². The summed E-state index contributed by atoms with van der Waals surface area (Å²) in [5.41, 5.74) is 3.38. The van der Waals surface area contributed by atoms with Crippen molar-refractivity contribution >= 4 is 16.6 Å². The molecule has 0 bridgehead atoms. The van der Waals surface area contributed by atoms with Crippen molar-refractivity contribution in [2.75, 3.05) is 13.1 Å². The van der Waals surface area contributed by atoms with E-state index in [2.05, 4.69) is 23.7 Å². The van der Waals surface area contributed by atoms with Gasteiger partial charge in [0.2, 0.25) is 0 Å². The highest BCUT2D eigenvalue weighted by Crippen LogP contribution is 2.36. The Morgan fingerprint density at radius 2 is 2.10 bits per heavy atom. The summed E-state index contributed by atoms with van der Waals surface area (Å²) in [6.45, 7) is 6.24. The largest absolute Gasteiger partial charge is 0.361 e. The van der Waals surface area contributed by atoms with Crippen LogP contribution in [0.25, 0.3) is 10.9 Å². The van der Waals surface area contributed by atoms with Gasteiger partial charge in [0.05, 0.1) is 4.92 Å². The molecule has 1 heterocycles. The molecule has 0 radical (unpaired) electrons. The van der Waals surface area contributed by atoms with Gasteiger partial charge in [-0.1, -0.05) is 13.8 Å². The second-order valence-electron chi connectivity index (χ2n) is 5.34. The van der Waals surface area contributed by atoms with Crippen molar-refractivity contribution in [1.29, 1.82) is 0 Å². The minimum absolute atomic E-state index is 0.254. The fraction of sp³-hybridized carbons (Fsp3) is 0.467. The van der Waals surface area contributed by atoms with E-state index >= 15 is 0 Å². The van der Waals surface area contributed by atoms with Crippen LogP contribution in [0.5, 0.6) is 0 Å². The highest BCUT2D eigenvalue weighted by atomic mass is 16.6. The van der Waals surface area contributed by atoms with Crippen molar-refractivity contribution in [1.82, 2.24) is 9.88 Å². The van der Waals surface area contributed by atoms with E-state index in [0.29, 0.717) is 6.04 Å². The molecule has 1 aliphatic rings. The SMILES string of the molecule is CCN(CC)C1Cc2c[nH]c3ccc([N+](=O)[O-])c(c23)C1. The quantitative estimate of drug-likeness (QED) is 0.688. The molecule has 1 unspecified atom stereocenters. The molecule has 1 N–H and O–H groups in total. The molecule has 1 aromatic carbocycles. The van der Waals surface area contributed by atoms with E-state index in [4.69, 9.17) is 0 Å². The summed E-state index contributed by atoms with van der Waals surface area (Å²) in [5, 5.41) is 12.4. The normalized spacial score (nSPS) is 17.9. The molecule has 0 fully saturated rings. The summed E-state index contributed by atoms with van der Waals surface area (Å²) >= 11 is 0. The number of H-pyrrole nitrogens is 1. The van der Waals surface area contributed by atoms with Gasteiger partial charge in [-0.25, -0.2) is 0 Å². The number of nitrogens with one attached hydrogen (secondary N) is 1. The number of nitrogens with zero attached hydrogens (tertiary/aromatic N) is 2. The Kier molecular flexibility index (Phi) is 3.22. The first-order chi connectivity index (χ1) is 9.65. The van der Waals surface area contributed by atoms with Crippen molar-refractivity contribution in [3.63, 3.8) is 0 Å². The van der Waals surface area contributed by atoms with Gasteiger partial charge in [0, 0.05) is 34.8 Å². The summed E-state index contributed by atoms with van der Waals surface area (Å²) in [5.74, 6) is 0. The Bertz CT molecular complexity index is 658. The minimum Gasteiger partial charge on any atom is -0.361 e. The maximum atomic E-state index is 11.3. The Balaban J connectivity index is 2.12. The number of aromatic amines is 1. The van der Waals surface area contributed by atoms with Gasteiger partial charge in [0.1, 0.15) is 0 Å². The van der Waals surface area contributed by atoms with E-state index in [-0.39, 0.29) is 10.6 Å². The third-order valence-corrected chi connectivity index (χ3v) is 4.43. The molecule has 0 aliphatic heterocycles. The number of aromatic nitrogens is 1. The zero-order valence-corrected chi connectivity index (χ0v) is 11.8. The molecule has 0 spiro atoms. The molecule has 3 rings (SSSR count). The third kappa shape index (κ3) is 1.89. The lowest BCUT2D eigenvalue weighted by atomic mass is 9.87. The molecule has 1 atom stereocenters. The van der Waals surface area contributed by atoms with Gasteiger partial charge in [-0.3, -0.25) is 10.1 Å². The van der Waals surface area contributed by atoms with E-state index < -0.39 is 0 Å². The van der Waals surface area contributed by atoms with Crippen molar-refractivity contribution in [2.24, 2.45) is 0 Å². The second kappa shape index (κ2) is 4.90. The van der Waals surface area contributed by atoms with Gasteiger partial charge >= 0.3 is 0 Å². The van der Waals surface area contributed by atoms with Crippen LogP contribution in [0.3, 0.4) is 0 Å². The number of benzene rings is 1. The molecule has 2 aromatic rings. The van der Waals surface area contributed by atoms with Gasteiger partial charge in [-0.05, 0) is 37.6 Å². The van der Waals surface area contributed by atoms with Crippen molar-refractivity contribution in [2.45, 2.75) is 32.7 Å². The molecular formula is C15H19N3O2. The van der Waals surface area contributed by atoms with Crippen LogP contribution in [0.2, 0.25) is 0 Å². The zero-order valence-electron chi connectivity index (χ0n) is 11.8. The fourth-order valence-electron chi connectivity index (χ4n) is 3.46. The van der Waals surface area contributed by atoms with Crippen molar-refractivity contribution < 1.29 is 4.92 Å². The minimum atomic E-state index is -0.254. The van der Waals surface area contributed by atoms with Crippen molar-refractivity contribution in [3.05, 3.63) is 39.6 Å². The molecule has 20 heavy (non-hydrogen) atoms. The maximum Gasteiger partial charge on any atom is 0.273 e. The summed E-state index contributed by atoms with van der Waals surface area (Å²) in [6, 6.07) is 3.80. The summed E-state index contributed by atoms with van der Waals surface area (Å²) in [7, 11) is 0. The Morgan fingerprint density at radius 3 is 2.75 bits per heavy atom. The van der Waals surface area contributed by atoms with Crippen LogP contribution >= 0.6 is 0 Å². The first-order valence-electron chi connectivity index (χ1n) is 7.16. The van der Waals surface area contributed by atoms with Crippen LogP contribution < -0.4 is 0 Å². The van der Waals surface area contributed by atoms with Gasteiger partial charge in [0.25, 0.3) is 5.69 Å². The van der Waals surface area contributed by atoms with Gasteiger partial charge in [-0.2, -0.15) is 0 Å². The van der Waals surface area contributed by atoms with E-state index in [1.165, 1.54) is 5.56 Å². The molecule has 1 aromatic heterocycles. The fourth-order valence-corrected chi connectivity index (χ4v) is 3.46. The van der Waals surface area contributed by atoms with Crippen LogP contribution in [-0.4, -0.2) is 33.9 Å². The van der Waals surface area contributed by atoms with Crippen LogP contribution in [0.4, 0.5) is 5.69 Å². The van der Waals surface area contributed by atoms with E-state index in [1.807, 2.05) is 12.3 Å². The average Bonchev–Trinajstić information content (AvgIpc) is 2.85. The first kappa shape index (κ1) is 13.1. The monoisotopic (exact) mass is 273 g/mol. The number of nitro benzene ring substituents is 1. The smallest absolute Gasteiger partial charge is 0.273 e. The topological polar surface area (TPSA) is 62.2 Å². The maximum absolute atomic E-state index is 11.3. The van der Waals surface area contributed by atoms with E-state index in [9.17, 15) is 10.1 Å². The summed E-state index contributed by atoms with van der Waals surface area (Å²) in [6.07, 6.45) is 3.74. The lowest BCUT2D eigenvalue weighted by Gasteiger charge is -2.32. The molecule has 5 heteroatoms. The number of likely N-dealkylation sites (N-methyl/N-ethyl adjacent to an activating group) is 1. The number of nitro groups is 1. The lowest BCUT2D eigenvalue weighted by molar-refractivity contribution is -0.385. The Morgan fingerprint density at radius 1 is 1.35 bits per heavy atom. The number of rotatable bonds is 4. The van der Waals surface area contributed by atoms with E-state index in [0.717, 1.165) is 42.4 Å². The molecule has 0 amide bonds. The number of hydrogen-bond acceptors (Lipinski definition) is 3. The Labute approximate surface area is 117 Å².